The molecule has 2 rings (SSSR count). The predicted molar refractivity (Wildman–Crippen MR) is 65.9 cm³/mol. The van der Waals surface area contributed by atoms with E-state index in [4.69, 9.17) is 0 Å². The molecule has 0 aliphatic rings. The van der Waals surface area contributed by atoms with Crippen LogP contribution in [0.25, 0.3) is 0 Å². The van der Waals surface area contributed by atoms with Crippen LogP contribution in [0.5, 0.6) is 0 Å². The zero-order chi connectivity index (χ0) is 10.7. The van der Waals surface area contributed by atoms with Crippen molar-refractivity contribution in [3.8, 4) is 0 Å². The van der Waals surface area contributed by atoms with Crippen molar-refractivity contribution in [3.05, 3.63) is 28.2 Å². The van der Waals surface area contributed by atoms with Gasteiger partial charge < -0.3 is 5.32 Å². The van der Waals surface area contributed by atoms with Crippen LogP contribution in [-0.4, -0.2) is 19.7 Å². The van der Waals surface area contributed by atoms with Gasteiger partial charge in [0.1, 0.15) is 0 Å². The van der Waals surface area contributed by atoms with Gasteiger partial charge in [-0.2, -0.15) is 5.10 Å². The van der Waals surface area contributed by atoms with Crippen LogP contribution in [-0.2, 0) is 6.54 Å². The van der Waals surface area contributed by atoms with Crippen LogP contribution in [0.2, 0.25) is 0 Å². The summed E-state index contributed by atoms with van der Waals surface area (Å²) >= 11 is 2.17. The van der Waals surface area contributed by atoms with E-state index >= 15 is 0 Å². The van der Waals surface area contributed by atoms with Gasteiger partial charge in [-0.15, -0.1) is 0 Å². The molecular formula is C9H10IN5. The van der Waals surface area contributed by atoms with Crippen molar-refractivity contribution >= 4 is 34.4 Å². The largest absolute Gasteiger partial charge is 0.307 e. The first kappa shape index (κ1) is 10.3. The Labute approximate surface area is 101 Å². The summed E-state index contributed by atoms with van der Waals surface area (Å²) in [5, 5.41) is 7.30. The van der Waals surface area contributed by atoms with E-state index in [1.807, 2.05) is 23.9 Å². The number of aryl methyl sites for hydroxylation is 1. The molecule has 78 valence electrons. The predicted octanol–water partition coefficient (Wildman–Crippen LogP) is 2.04. The Hall–Kier alpha value is -1.18. The van der Waals surface area contributed by atoms with Gasteiger partial charge in [-0.3, -0.25) is 4.68 Å². The molecule has 0 amide bonds. The molecule has 0 unspecified atom stereocenters. The van der Waals surface area contributed by atoms with Crippen LogP contribution < -0.4 is 5.32 Å². The highest BCUT2D eigenvalue weighted by Crippen LogP contribution is 2.09. The summed E-state index contributed by atoms with van der Waals surface area (Å²) in [6.45, 7) is 2.90. The minimum Gasteiger partial charge on any atom is -0.307 e. The minimum atomic E-state index is 0.566. The van der Waals surface area contributed by atoms with Crippen molar-refractivity contribution < 1.29 is 0 Å². The summed E-state index contributed by atoms with van der Waals surface area (Å²) in [4.78, 5) is 8.26. The van der Waals surface area contributed by atoms with Gasteiger partial charge in [0, 0.05) is 34.8 Å². The average molecular weight is 315 g/mol. The van der Waals surface area contributed by atoms with Gasteiger partial charge in [0.15, 0.2) is 5.82 Å². The molecule has 6 heteroatoms. The summed E-state index contributed by atoms with van der Waals surface area (Å²) in [6.07, 6.45) is 5.43. The Balaban J connectivity index is 2.11. The highest BCUT2D eigenvalue weighted by atomic mass is 127. The highest BCUT2D eigenvalue weighted by molar-refractivity contribution is 14.1. The zero-order valence-electron chi connectivity index (χ0n) is 8.18. The van der Waals surface area contributed by atoms with Crippen molar-refractivity contribution in [3.63, 3.8) is 0 Å². The second kappa shape index (κ2) is 4.56. The molecule has 0 aliphatic heterocycles. The molecule has 0 saturated heterocycles. The van der Waals surface area contributed by atoms with Crippen LogP contribution >= 0.6 is 22.6 Å². The van der Waals surface area contributed by atoms with Crippen molar-refractivity contribution in [2.24, 2.45) is 0 Å². The van der Waals surface area contributed by atoms with E-state index in [-0.39, 0.29) is 0 Å². The van der Waals surface area contributed by atoms with E-state index in [2.05, 4.69) is 43.0 Å². The van der Waals surface area contributed by atoms with Crippen LogP contribution in [0, 0.1) is 3.57 Å². The van der Waals surface area contributed by atoms with Crippen molar-refractivity contribution in [1.82, 2.24) is 19.7 Å². The molecule has 0 radical (unpaired) electrons. The highest BCUT2D eigenvalue weighted by Gasteiger charge is 2.00. The van der Waals surface area contributed by atoms with Crippen LogP contribution in [0.4, 0.5) is 11.8 Å². The topological polar surface area (TPSA) is 55.6 Å². The molecule has 0 fully saturated rings. The maximum Gasteiger partial charge on any atom is 0.228 e. The molecule has 2 heterocycles. The van der Waals surface area contributed by atoms with Crippen molar-refractivity contribution in [1.29, 1.82) is 0 Å². The van der Waals surface area contributed by atoms with Gasteiger partial charge >= 0.3 is 0 Å². The van der Waals surface area contributed by atoms with E-state index in [1.165, 1.54) is 0 Å². The Morgan fingerprint density at radius 2 is 2.13 bits per heavy atom. The van der Waals surface area contributed by atoms with Gasteiger partial charge in [0.05, 0.1) is 0 Å². The Morgan fingerprint density at radius 1 is 1.40 bits per heavy atom. The second-order valence-corrected chi connectivity index (χ2v) is 4.15. The number of rotatable bonds is 3. The lowest BCUT2D eigenvalue weighted by molar-refractivity contribution is 0.662. The maximum atomic E-state index is 4.27. The van der Waals surface area contributed by atoms with E-state index in [0.29, 0.717) is 5.95 Å². The first-order valence-electron chi connectivity index (χ1n) is 4.56. The van der Waals surface area contributed by atoms with Crippen LogP contribution in [0.1, 0.15) is 6.92 Å². The molecule has 0 aliphatic carbocycles. The summed E-state index contributed by atoms with van der Waals surface area (Å²) in [7, 11) is 0. The van der Waals surface area contributed by atoms with E-state index in [0.717, 1.165) is 15.9 Å². The smallest absolute Gasteiger partial charge is 0.228 e. The summed E-state index contributed by atoms with van der Waals surface area (Å²) in [6, 6.07) is 1.89. The first-order chi connectivity index (χ1) is 7.28. The SMILES string of the molecule is CCn1ccc(Nc2ncc(I)cn2)n1. The monoisotopic (exact) mass is 315 g/mol. The lowest BCUT2D eigenvalue weighted by Crippen LogP contribution is -1.99. The molecule has 0 saturated carbocycles. The molecule has 2 aromatic heterocycles. The molecule has 1 N–H and O–H groups in total. The molecular weight excluding hydrogens is 305 g/mol. The molecule has 2 aromatic rings. The number of nitrogens with zero attached hydrogens (tertiary/aromatic N) is 4. The quantitative estimate of drug-likeness (QED) is 0.881. The van der Waals surface area contributed by atoms with Gasteiger partial charge in [-0.25, -0.2) is 9.97 Å². The number of hydrogen-bond donors (Lipinski definition) is 1. The molecule has 0 atom stereocenters. The van der Waals surface area contributed by atoms with Crippen LogP contribution in [0.15, 0.2) is 24.7 Å². The van der Waals surface area contributed by atoms with E-state index in [1.54, 1.807) is 12.4 Å². The summed E-state index contributed by atoms with van der Waals surface area (Å²) in [5.41, 5.74) is 0. The number of halogens is 1. The van der Waals surface area contributed by atoms with Crippen LogP contribution in [0.3, 0.4) is 0 Å². The maximum absolute atomic E-state index is 4.27. The fraction of sp³-hybridized carbons (Fsp3) is 0.222. The van der Waals surface area contributed by atoms with Gasteiger partial charge in [-0.05, 0) is 29.5 Å². The number of hydrogen-bond acceptors (Lipinski definition) is 4. The summed E-state index contributed by atoms with van der Waals surface area (Å²) < 4.78 is 2.85. The standard InChI is InChI=1S/C9H10IN5/c1-2-15-4-3-8(14-15)13-9-11-5-7(10)6-12-9/h3-6H,2H2,1H3,(H,11,12,13,14). The van der Waals surface area contributed by atoms with Gasteiger partial charge in [0.2, 0.25) is 5.95 Å². The third kappa shape index (κ3) is 2.65. The number of anilines is 2. The Bertz CT molecular complexity index is 436. The van der Waals surface area contributed by atoms with E-state index < -0.39 is 0 Å². The van der Waals surface area contributed by atoms with Crippen molar-refractivity contribution in [2.75, 3.05) is 5.32 Å². The Kier molecular flexibility index (Phi) is 3.14. The first-order valence-corrected chi connectivity index (χ1v) is 5.64. The number of aromatic nitrogens is 4. The zero-order valence-corrected chi connectivity index (χ0v) is 10.3. The van der Waals surface area contributed by atoms with E-state index in [9.17, 15) is 0 Å². The lowest BCUT2D eigenvalue weighted by atomic mass is 10.6. The molecule has 0 aromatic carbocycles. The second-order valence-electron chi connectivity index (χ2n) is 2.91. The lowest BCUT2D eigenvalue weighted by Gasteiger charge is -1.99. The average Bonchev–Trinajstić information content (AvgIpc) is 2.69. The summed E-state index contributed by atoms with van der Waals surface area (Å²) in [5.74, 6) is 1.33. The minimum absolute atomic E-state index is 0.566. The van der Waals surface area contributed by atoms with Gasteiger partial charge in [0.25, 0.3) is 0 Å². The number of nitrogens with one attached hydrogen (secondary N) is 1. The third-order valence-corrected chi connectivity index (χ3v) is 2.38. The fourth-order valence-corrected chi connectivity index (χ4v) is 1.37. The molecule has 0 spiro atoms. The van der Waals surface area contributed by atoms with Crippen molar-refractivity contribution in [2.45, 2.75) is 13.5 Å². The molecule has 0 bridgehead atoms. The Morgan fingerprint density at radius 3 is 2.73 bits per heavy atom. The van der Waals surface area contributed by atoms with Gasteiger partial charge in [-0.1, -0.05) is 0 Å². The fourth-order valence-electron chi connectivity index (χ4n) is 1.10. The third-order valence-electron chi connectivity index (χ3n) is 1.82. The molecule has 15 heavy (non-hydrogen) atoms. The molecule has 5 nitrogen and oxygen atoms in total. The normalized spacial score (nSPS) is 10.3.